The SMILES string of the molecule is O=C(Nc1ccc(F)cc1)Nc1ccc(-c2cc(C(=O)O)on2)cc1. The molecule has 25 heavy (non-hydrogen) atoms. The fourth-order valence-electron chi connectivity index (χ4n) is 2.06. The summed E-state index contributed by atoms with van der Waals surface area (Å²) in [6, 6.07) is 12.8. The summed E-state index contributed by atoms with van der Waals surface area (Å²) in [5.74, 6) is -1.84. The fourth-order valence-corrected chi connectivity index (χ4v) is 2.06. The smallest absolute Gasteiger partial charge is 0.374 e. The van der Waals surface area contributed by atoms with Crippen molar-refractivity contribution in [3.8, 4) is 11.3 Å². The first-order valence-electron chi connectivity index (χ1n) is 7.15. The Bertz CT molecular complexity index is 904. The van der Waals surface area contributed by atoms with Crippen LogP contribution in [0.2, 0.25) is 0 Å². The Morgan fingerprint density at radius 2 is 1.52 bits per heavy atom. The number of hydrogen-bond donors (Lipinski definition) is 3. The standard InChI is InChI=1S/C17H12FN3O4/c18-11-3-7-13(8-4-11)20-17(24)19-12-5-1-10(2-6-12)14-9-15(16(22)23)25-21-14/h1-9H,(H,22,23)(H2,19,20,24). The van der Waals surface area contributed by atoms with Gasteiger partial charge in [-0.2, -0.15) is 0 Å². The van der Waals surface area contributed by atoms with Gasteiger partial charge < -0.3 is 20.3 Å². The van der Waals surface area contributed by atoms with E-state index >= 15 is 0 Å². The van der Waals surface area contributed by atoms with E-state index in [0.717, 1.165) is 0 Å². The molecule has 0 aliphatic carbocycles. The number of aromatic carboxylic acids is 1. The number of carboxylic acid groups (broad SMARTS) is 1. The number of carbonyl (C=O) groups is 2. The lowest BCUT2D eigenvalue weighted by molar-refractivity contribution is 0.0652. The minimum atomic E-state index is -1.20. The summed E-state index contributed by atoms with van der Waals surface area (Å²) in [6.07, 6.45) is 0. The van der Waals surface area contributed by atoms with Crippen LogP contribution in [0.1, 0.15) is 10.6 Å². The average molecular weight is 341 g/mol. The van der Waals surface area contributed by atoms with Crippen molar-refractivity contribution in [3.63, 3.8) is 0 Å². The van der Waals surface area contributed by atoms with Crippen LogP contribution in [0.25, 0.3) is 11.3 Å². The number of hydrogen-bond acceptors (Lipinski definition) is 4. The molecule has 7 nitrogen and oxygen atoms in total. The number of urea groups is 1. The molecule has 0 spiro atoms. The molecule has 126 valence electrons. The van der Waals surface area contributed by atoms with Crippen LogP contribution in [0.3, 0.4) is 0 Å². The maximum Gasteiger partial charge on any atom is 0.374 e. The number of nitrogens with zero attached hydrogens (tertiary/aromatic N) is 1. The number of aromatic nitrogens is 1. The first kappa shape index (κ1) is 16.2. The number of anilines is 2. The molecule has 0 bridgehead atoms. The van der Waals surface area contributed by atoms with Gasteiger partial charge in [0, 0.05) is 23.0 Å². The highest BCUT2D eigenvalue weighted by Crippen LogP contribution is 2.21. The Hall–Kier alpha value is -3.68. The van der Waals surface area contributed by atoms with E-state index in [2.05, 4.69) is 15.8 Å². The van der Waals surface area contributed by atoms with Gasteiger partial charge in [0.05, 0.1) is 0 Å². The van der Waals surface area contributed by atoms with Gasteiger partial charge in [0.2, 0.25) is 5.76 Å². The van der Waals surface area contributed by atoms with E-state index in [1.165, 1.54) is 30.3 Å². The lowest BCUT2D eigenvalue weighted by Gasteiger charge is -2.08. The number of carboxylic acids is 1. The molecule has 3 rings (SSSR count). The van der Waals surface area contributed by atoms with Crippen molar-refractivity contribution in [2.75, 3.05) is 10.6 Å². The summed E-state index contributed by atoms with van der Waals surface area (Å²) in [6.45, 7) is 0. The first-order chi connectivity index (χ1) is 12.0. The van der Waals surface area contributed by atoms with Gasteiger partial charge in [-0.3, -0.25) is 0 Å². The minimum Gasteiger partial charge on any atom is -0.475 e. The molecule has 1 aromatic heterocycles. The second kappa shape index (κ2) is 6.83. The molecule has 0 radical (unpaired) electrons. The number of nitrogens with one attached hydrogen (secondary N) is 2. The van der Waals surface area contributed by atoms with Crippen molar-refractivity contribution >= 4 is 23.4 Å². The van der Waals surface area contributed by atoms with Gasteiger partial charge in [-0.25, -0.2) is 14.0 Å². The largest absolute Gasteiger partial charge is 0.475 e. The van der Waals surface area contributed by atoms with Gasteiger partial charge in [-0.1, -0.05) is 17.3 Å². The minimum absolute atomic E-state index is 0.254. The molecular weight excluding hydrogens is 329 g/mol. The Kier molecular flexibility index (Phi) is 4.42. The van der Waals surface area contributed by atoms with Crippen molar-refractivity contribution in [1.29, 1.82) is 0 Å². The molecule has 1 heterocycles. The predicted molar refractivity (Wildman–Crippen MR) is 87.9 cm³/mol. The number of amides is 2. The van der Waals surface area contributed by atoms with E-state index in [1.807, 2.05) is 0 Å². The predicted octanol–water partition coefficient (Wildman–Crippen LogP) is 3.82. The summed E-state index contributed by atoms with van der Waals surface area (Å²) >= 11 is 0. The third kappa shape index (κ3) is 3.99. The van der Waals surface area contributed by atoms with E-state index < -0.39 is 12.0 Å². The molecule has 3 N–H and O–H groups in total. The van der Waals surface area contributed by atoms with Crippen LogP contribution < -0.4 is 10.6 Å². The summed E-state index contributed by atoms with van der Waals surface area (Å²) in [7, 11) is 0. The molecule has 3 aromatic rings. The molecule has 0 aliphatic rings. The Morgan fingerprint density at radius 1 is 0.960 bits per heavy atom. The zero-order valence-corrected chi connectivity index (χ0v) is 12.7. The van der Waals surface area contributed by atoms with Crippen molar-refractivity contribution in [1.82, 2.24) is 5.16 Å². The maximum absolute atomic E-state index is 12.8. The highest BCUT2D eigenvalue weighted by atomic mass is 19.1. The Labute approximate surface area is 141 Å². The molecule has 0 saturated heterocycles. The summed E-state index contributed by atoms with van der Waals surface area (Å²) in [5.41, 5.74) is 1.99. The molecule has 2 amide bonds. The van der Waals surface area contributed by atoms with E-state index in [1.54, 1.807) is 24.3 Å². The number of carbonyl (C=O) groups excluding carboxylic acids is 1. The van der Waals surface area contributed by atoms with E-state index in [9.17, 15) is 14.0 Å². The molecular formula is C17H12FN3O4. The zero-order valence-electron chi connectivity index (χ0n) is 12.7. The summed E-state index contributed by atoms with van der Waals surface area (Å²) in [4.78, 5) is 22.7. The van der Waals surface area contributed by atoms with Crippen molar-refractivity contribution in [3.05, 3.63) is 66.2 Å². The van der Waals surface area contributed by atoms with Gasteiger partial charge in [0.15, 0.2) is 0 Å². The molecule has 0 unspecified atom stereocenters. The number of halogens is 1. The van der Waals surface area contributed by atoms with Crippen molar-refractivity contribution in [2.45, 2.75) is 0 Å². The second-order valence-electron chi connectivity index (χ2n) is 5.04. The Balaban J connectivity index is 1.64. The van der Waals surface area contributed by atoms with Gasteiger partial charge in [-0.05, 0) is 36.4 Å². The molecule has 0 fully saturated rings. The van der Waals surface area contributed by atoms with E-state index in [4.69, 9.17) is 9.63 Å². The third-order valence-corrected chi connectivity index (χ3v) is 3.26. The van der Waals surface area contributed by atoms with Crippen LogP contribution in [0.4, 0.5) is 20.6 Å². The topological polar surface area (TPSA) is 104 Å². The van der Waals surface area contributed by atoms with Crippen LogP contribution in [0.15, 0.2) is 59.1 Å². The van der Waals surface area contributed by atoms with Gasteiger partial charge >= 0.3 is 12.0 Å². The van der Waals surface area contributed by atoms with Crippen LogP contribution >= 0.6 is 0 Å². The summed E-state index contributed by atoms with van der Waals surface area (Å²) < 4.78 is 17.5. The number of rotatable bonds is 4. The van der Waals surface area contributed by atoms with Crippen LogP contribution in [0.5, 0.6) is 0 Å². The van der Waals surface area contributed by atoms with Gasteiger partial charge in [-0.15, -0.1) is 0 Å². The normalized spacial score (nSPS) is 10.3. The van der Waals surface area contributed by atoms with Gasteiger partial charge in [0.25, 0.3) is 0 Å². The van der Waals surface area contributed by atoms with Crippen molar-refractivity contribution < 1.29 is 23.6 Å². The van der Waals surface area contributed by atoms with Crippen LogP contribution in [-0.4, -0.2) is 22.3 Å². The quantitative estimate of drug-likeness (QED) is 0.669. The van der Waals surface area contributed by atoms with Gasteiger partial charge in [0.1, 0.15) is 11.5 Å². The monoisotopic (exact) mass is 341 g/mol. The number of benzene rings is 2. The molecule has 8 heteroatoms. The van der Waals surface area contributed by atoms with E-state index in [-0.39, 0.29) is 11.6 Å². The van der Waals surface area contributed by atoms with Crippen LogP contribution in [0, 0.1) is 5.82 Å². The fraction of sp³-hybridized carbons (Fsp3) is 0. The molecule has 0 atom stereocenters. The average Bonchev–Trinajstić information content (AvgIpc) is 3.08. The lowest BCUT2D eigenvalue weighted by Crippen LogP contribution is -2.19. The summed E-state index contributed by atoms with van der Waals surface area (Å²) in [5, 5.41) is 17.7. The molecule has 2 aromatic carbocycles. The van der Waals surface area contributed by atoms with Crippen molar-refractivity contribution in [2.24, 2.45) is 0 Å². The highest BCUT2D eigenvalue weighted by Gasteiger charge is 2.12. The lowest BCUT2D eigenvalue weighted by atomic mass is 10.1. The maximum atomic E-state index is 12.8. The van der Waals surface area contributed by atoms with E-state index in [0.29, 0.717) is 22.6 Å². The Morgan fingerprint density at radius 3 is 2.04 bits per heavy atom. The molecule has 0 aliphatic heterocycles. The zero-order chi connectivity index (χ0) is 17.8. The highest BCUT2D eigenvalue weighted by molar-refractivity contribution is 5.99. The second-order valence-corrected chi connectivity index (χ2v) is 5.04. The third-order valence-electron chi connectivity index (χ3n) is 3.26. The first-order valence-corrected chi connectivity index (χ1v) is 7.15. The molecule has 0 saturated carbocycles. The van der Waals surface area contributed by atoms with Crippen LogP contribution in [-0.2, 0) is 0 Å².